The molecule has 1 unspecified atom stereocenters. The van der Waals surface area contributed by atoms with Crippen LogP contribution in [0.5, 0.6) is 0 Å². The fourth-order valence-corrected chi connectivity index (χ4v) is 2.63. The Hall–Kier alpha value is -2.76. The summed E-state index contributed by atoms with van der Waals surface area (Å²) in [5.41, 5.74) is 1.71. The molecular formula is C17H18N2O4. The summed E-state index contributed by atoms with van der Waals surface area (Å²) < 4.78 is 10.2. The van der Waals surface area contributed by atoms with Gasteiger partial charge in [0.05, 0.1) is 30.9 Å². The van der Waals surface area contributed by atoms with E-state index in [1.54, 1.807) is 12.1 Å². The van der Waals surface area contributed by atoms with E-state index < -0.39 is 5.97 Å². The zero-order valence-corrected chi connectivity index (χ0v) is 13.0. The van der Waals surface area contributed by atoms with Crippen molar-refractivity contribution in [2.45, 2.75) is 13.5 Å². The molecule has 1 amide bonds. The Morgan fingerprint density at radius 3 is 2.91 bits per heavy atom. The Morgan fingerprint density at radius 2 is 2.13 bits per heavy atom. The van der Waals surface area contributed by atoms with Gasteiger partial charge in [0, 0.05) is 6.54 Å². The van der Waals surface area contributed by atoms with Crippen LogP contribution in [0.15, 0.2) is 40.8 Å². The van der Waals surface area contributed by atoms with Crippen molar-refractivity contribution in [1.82, 2.24) is 0 Å². The maximum atomic E-state index is 12.1. The van der Waals surface area contributed by atoms with Gasteiger partial charge in [-0.2, -0.15) is 0 Å². The number of carbonyl (C=O) groups is 2. The second kappa shape index (κ2) is 6.16. The summed E-state index contributed by atoms with van der Waals surface area (Å²) in [6.07, 6.45) is 0. The van der Waals surface area contributed by atoms with Crippen LogP contribution in [0.4, 0.5) is 11.4 Å². The Bertz CT molecular complexity index is 738. The topological polar surface area (TPSA) is 71.8 Å². The highest BCUT2D eigenvalue weighted by Gasteiger charge is 2.25. The Balaban J connectivity index is 1.87. The number of esters is 1. The van der Waals surface area contributed by atoms with E-state index in [1.807, 2.05) is 31.2 Å². The number of methoxy groups -OCH3 is 1. The number of benzene rings is 1. The molecule has 1 aromatic carbocycles. The summed E-state index contributed by atoms with van der Waals surface area (Å²) in [6.45, 7) is 2.92. The molecule has 2 heterocycles. The van der Waals surface area contributed by atoms with Gasteiger partial charge in [-0.15, -0.1) is 0 Å². The number of amides is 1. The van der Waals surface area contributed by atoms with Gasteiger partial charge in [-0.25, -0.2) is 4.79 Å². The van der Waals surface area contributed by atoms with Crippen molar-refractivity contribution in [3.8, 4) is 0 Å². The van der Waals surface area contributed by atoms with Gasteiger partial charge >= 0.3 is 5.97 Å². The number of nitrogens with zero attached hydrogens (tertiary/aromatic N) is 1. The lowest BCUT2D eigenvalue weighted by atomic mass is 10.1. The third-order valence-corrected chi connectivity index (χ3v) is 3.84. The largest absolute Gasteiger partial charge is 0.463 e. The highest BCUT2D eigenvalue weighted by Crippen LogP contribution is 2.31. The third kappa shape index (κ3) is 3.06. The first-order chi connectivity index (χ1) is 11.1. The lowest BCUT2D eigenvalue weighted by Crippen LogP contribution is -2.30. The molecule has 0 saturated carbocycles. The molecule has 1 aromatic heterocycles. The van der Waals surface area contributed by atoms with E-state index >= 15 is 0 Å². The van der Waals surface area contributed by atoms with Crippen LogP contribution in [0.1, 0.15) is 23.2 Å². The molecule has 6 heteroatoms. The predicted molar refractivity (Wildman–Crippen MR) is 85.3 cm³/mol. The molecule has 0 spiro atoms. The minimum absolute atomic E-state index is 0.00496. The second-order valence-corrected chi connectivity index (χ2v) is 5.55. The van der Waals surface area contributed by atoms with Crippen LogP contribution in [0, 0.1) is 5.92 Å². The molecule has 0 aliphatic carbocycles. The quantitative estimate of drug-likeness (QED) is 0.882. The molecular weight excluding hydrogens is 296 g/mol. The number of fused-ring (bicyclic) bond motifs is 1. The van der Waals surface area contributed by atoms with Gasteiger partial charge in [0.1, 0.15) is 5.76 Å². The van der Waals surface area contributed by atoms with Gasteiger partial charge in [-0.1, -0.05) is 19.1 Å². The molecule has 6 nitrogen and oxygen atoms in total. The van der Waals surface area contributed by atoms with Crippen LogP contribution < -0.4 is 10.2 Å². The number of hydrogen-bond acceptors (Lipinski definition) is 5. The maximum Gasteiger partial charge on any atom is 0.373 e. The van der Waals surface area contributed by atoms with Crippen molar-refractivity contribution in [2.24, 2.45) is 5.92 Å². The van der Waals surface area contributed by atoms with Crippen molar-refractivity contribution >= 4 is 23.3 Å². The smallest absolute Gasteiger partial charge is 0.373 e. The molecule has 120 valence electrons. The predicted octanol–water partition coefficient (Wildman–Crippen LogP) is 2.66. The van der Waals surface area contributed by atoms with Crippen molar-refractivity contribution < 1.29 is 18.7 Å². The van der Waals surface area contributed by atoms with Crippen molar-refractivity contribution in [1.29, 1.82) is 0 Å². The van der Waals surface area contributed by atoms with Crippen molar-refractivity contribution in [2.75, 3.05) is 23.9 Å². The van der Waals surface area contributed by atoms with E-state index in [0.29, 0.717) is 18.8 Å². The number of para-hydroxylation sites is 2. The number of carbonyl (C=O) groups excluding carboxylic acids is 2. The molecule has 3 rings (SSSR count). The second-order valence-electron chi connectivity index (χ2n) is 5.55. The highest BCUT2D eigenvalue weighted by molar-refractivity contribution is 5.97. The van der Waals surface area contributed by atoms with Crippen LogP contribution >= 0.6 is 0 Å². The third-order valence-electron chi connectivity index (χ3n) is 3.84. The van der Waals surface area contributed by atoms with E-state index in [0.717, 1.165) is 11.4 Å². The number of ether oxygens (including phenoxy) is 1. The molecule has 1 aliphatic heterocycles. The molecule has 0 saturated heterocycles. The summed E-state index contributed by atoms with van der Waals surface area (Å²) >= 11 is 0. The van der Waals surface area contributed by atoms with E-state index in [1.165, 1.54) is 7.11 Å². The van der Waals surface area contributed by atoms with Gasteiger partial charge < -0.3 is 19.4 Å². The van der Waals surface area contributed by atoms with Gasteiger partial charge in [-0.3, -0.25) is 4.79 Å². The van der Waals surface area contributed by atoms with Gasteiger partial charge in [0.25, 0.3) is 0 Å². The summed E-state index contributed by atoms with van der Waals surface area (Å²) in [5, 5.41) is 2.94. The molecule has 1 atom stereocenters. The van der Waals surface area contributed by atoms with Crippen LogP contribution in [0.2, 0.25) is 0 Å². The monoisotopic (exact) mass is 314 g/mol. The lowest BCUT2D eigenvalue weighted by molar-refractivity contribution is -0.119. The molecule has 1 N–H and O–H groups in total. The number of rotatable bonds is 3. The minimum Gasteiger partial charge on any atom is -0.463 e. The number of furan rings is 1. The Kier molecular flexibility index (Phi) is 4.06. The maximum absolute atomic E-state index is 12.1. The normalized spacial score (nSPS) is 17.2. The first-order valence-corrected chi connectivity index (χ1v) is 7.40. The molecule has 2 aromatic rings. The molecule has 23 heavy (non-hydrogen) atoms. The van der Waals surface area contributed by atoms with E-state index in [4.69, 9.17) is 4.42 Å². The highest BCUT2D eigenvalue weighted by atomic mass is 16.5. The SMILES string of the molecule is COC(=O)c1ccc(CN2CC(C)C(=O)Nc3ccccc32)o1. The summed E-state index contributed by atoms with van der Waals surface area (Å²) in [7, 11) is 1.31. The fraction of sp³-hybridized carbons (Fsp3) is 0.294. The first-order valence-electron chi connectivity index (χ1n) is 7.40. The number of anilines is 2. The fourth-order valence-electron chi connectivity index (χ4n) is 2.63. The molecule has 0 radical (unpaired) electrons. The van der Waals surface area contributed by atoms with Crippen molar-refractivity contribution in [3.05, 3.63) is 47.9 Å². The number of hydrogen-bond donors (Lipinski definition) is 1. The summed E-state index contributed by atoms with van der Waals surface area (Å²) in [6, 6.07) is 11.0. The lowest BCUT2D eigenvalue weighted by Gasteiger charge is -2.24. The average Bonchev–Trinajstić information content (AvgIpc) is 2.98. The molecule has 1 aliphatic rings. The zero-order valence-electron chi connectivity index (χ0n) is 13.0. The van der Waals surface area contributed by atoms with Gasteiger partial charge in [0.15, 0.2) is 0 Å². The van der Waals surface area contributed by atoms with Crippen LogP contribution in [-0.2, 0) is 16.1 Å². The number of nitrogens with one attached hydrogen (secondary N) is 1. The van der Waals surface area contributed by atoms with Crippen LogP contribution in [0.3, 0.4) is 0 Å². The summed E-state index contributed by atoms with van der Waals surface area (Å²) in [4.78, 5) is 25.6. The Morgan fingerprint density at radius 1 is 1.35 bits per heavy atom. The minimum atomic E-state index is -0.502. The first kappa shape index (κ1) is 15.1. The van der Waals surface area contributed by atoms with E-state index in [2.05, 4.69) is 15.0 Å². The van der Waals surface area contributed by atoms with Crippen LogP contribution in [0.25, 0.3) is 0 Å². The standard InChI is InChI=1S/C17H18N2O4/c1-11-9-19(10-12-7-8-15(23-12)17(21)22-2)14-6-4-3-5-13(14)18-16(11)20/h3-8,11H,9-10H2,1-2H3,(H,18,20). The molecule has 0 fully saturated rings. The van der Waals surface area contributed by atoms with E-state index in [9.17, 15) is 9.59 Å². The average molecular weight is 314 g/mol. The zero-order chi connectivity index (χ0) is 16.4. The van der Waals surface area contributed by atoms with Crippen molar-refractivity contribution in [3.63, 3.8) is 0 Å². The van der Waals surface area contributed by atoms with Gasteiger partial charge in [0.2, 0.25) is 11.7 Å². The Labute approximate surface area is 134 Å². The molecule has 0 bridgehead atoms. The van der Waals surface area contributed by atoms with Gasteiger partial charge in [-0.05, 0) is 24.3 Å². The summed E-state index contributed by atoms with van der Waals surface area (Å²) in [5.74, 6) is 0.152. The van der Waals surface area contributed by atoms with Crippen LogP contribution in [-0.4, -0.2) is 25.5 Å². The van der Waals surface area contributed by atoms with E-state index in [-0.39, 0.29) is 17.6 Å².